The van der Waals surface area contributed by atoms with Crippen molar-refractivity contribution in [3.05, 3.63) is 29.3 Å². The number of hydrogen-bond donors (Lipinski definition) is 0. The largest absolute Gasteiger partial charge is 0.493 e. The van der Waals surface area contributed by atoms with E-state index in [4.69, 9.17) is 9.47 Å². The normalized spacial score (nSPS) is 21.0. The summed E-state index contributed by atoms with van der Waals surface area (Å²) in [5.41, 5.74) is 4.14. The molecule has 0 radical (unpaired) electrons. The van der Waals surface area contributed by atoms with Crippen molar-refractivity contribution in [2.45, 2.75) is 38.2 Å². The highest BCUT2D eigenvalue weighted by Crippen LogP contribution is 2.36. The summed E-state index contributed by atoms with van der Waals surface area (Å²) in [7, 11) is 1.71. The van der Waals surface area contributed by atoms with Gasteiger partial charge >= 0.3 is 0 Å². The van der Waals surface area contributed by atoms with E-state index in [1.165, 1.54) is 29.7 Å². The Morgan fingerprint density at radius 3 is 2.78 bits per heavy atom. The zero-order valence-electron chi connectivity index (χ0n) is 13.8. The Labute approximate surface area is 137 Å². The Morgan fingerprint density at radius 2 is 2.00 bits per heavy atom. The van der Waals surface area contributed by atoms with Gasteiger partial charge in [-0.3, -0.25) is 4.99 Å². The van der Waals surface area contributed by atoms with Crippen molar-refractivity contribution in [3.8, 4) is 11.5 Å². The lowest BCUT2D eigenvalue weighted by Crippen LogP contribution is -2.21. The fourth-order valence-electron chi connectivity index (χ4n) is 3.77. The number of nitrogens with zero attached hydrogens (tertiary/aromatic N) is 2. The molecule has 1 saturated carbocycles. The molecule has 23 heavy (non-hydrogen) atoms. The number of benzene rings is 1. The van der Waals surface area contributed by atoms with Crippen molar-refractivity contribution in [2.75, 3.05) is 31.6 Å². The molecule has 4 rings (SSSR count). The van der Waals surface area contributed by atoms with Crippen molar-refractivity contribution in [1.82, 2.24) is 0 Å². The number of rotatable bonds is 4. The SMILES string of the molecule is COc1ccc(N2CC3=C(CCN=C3)C2)cc1OC1CCCC1. The Bertz CT molecular complexity index is 645. The maximum atomic E-state index is 6.22. The first-order valence-corrected chi connectivity index (χ1v) is 8.64. The molecule has 0 spiro atoms. The third-order valence-corrected chi connectivity index (χ3v) is 5.10. The predicted molar refractivity (Wildman–Crippen MR) is 93.1 cm³/mol. The van der Waals surface area contributed by atoms with Gasteiger partial charge in [0.2, 0.25) is 0 Å². The van der Waals surface area contributed by atoms with Crippen molar-refractivity contribution in [1.29, 1.82) is 0 Å². The third-order valence-electron chi connectivity index (χ3n) is 5.10. The molecule has 2 heterocycles. The van der Waals surface area contributed by atoms with Gasteiger partial charge in [-0.1, -0.05) is 0 Å². The fourth-order valence-corrected chi connectivity index (χ4v) is 3.77. The molecule has 4 nitrogen and oxygen atoms in total. The summed E-state index contributed by atoms with van der Waals surface area (Å²) < 4.78 is 11.7. The first-order chi connectivity index (χ1) is 11.3. The van der Waals surface area contributed by atoms with Crippen molar-refractivity contribution < 1.29 is 9.47 Å². The number of ether oxygens (including phenoxy) is 2. The lowest BCUT2D eigenvalue weighted by molar-refractivity contribution is 0.201. The lowest BCUT2D eigenvalue weighted by Gasteiger charge is -2.22. The number of dihydropyridines is 1. The highest BCUT2D eigenvalue weighted by Gasteiger charge is 2.24. The fraction of sp³-hybridized carbons (Fsp3) is 0.526. The van der Waals surface area contributed by atoms with E-state index in [1.807, 2.05) is 6.07 Å². The molecule has 1 aromatic rings. The van der Waals surface area contributed by atoms with E-state index in [-0.39, 0.29) is 0 Å². The smallest absolute Gasteiger partial charge is 0.163 e. The van der Waals surface area contributed by atoms with Crippen LogP contribution in [0.1, 0.15) is 32.1 Å². The average Bonchev–Trinajstić information content (AvgIpc) is 3.23. The number of methoxy groups -OCH3 is 1. The van der Waals surface area contributed by atoms with E-state index >= 15 is 0 Å². The minimum atomic E-state index is 0.344. The summed E-state index contributed by atoms with van der Waals surface area (Å²) in [6, 6.07) is 6.31. The standard InChI is InChI=1S/C19H24N2O2/c1-22-18-7-6-16(10-19(18)23-17-4-2-3-5-17)21-12-14-8-9-20-11-15(14)13-21/h6-7,10-11,17H,2-5,8-9,12-13H2,1H3. The van der Waals surface area contributed by atoms with Gasteiger partial charge in [0.25, 0.3) is 0 Å². The van der Waals surface area contributed by atoms with Crippen molar-refractivity contribution in [3.63, 3.8) is 0 Å². The van der Waals surface area contributed by atoms with Crippen molar-refractivity contribution in [2.24, 2.45) is 4.99 Å². The second-order valence-electron chi connectivity index (χ2n) is 6.63. The van der Waals surface area contributed by atoms with Crippen LogP contribution in [0.5, 0.6) is 11.5 Å². The van der Waals surface area contributed by atoms with E-state index in [1.54, 1.807) is 7.11 Å². The summed E-state index contributed by atoms with van der Waals surface area (Å²) in [5, 5.41) is 0. The number of anilines is 1. The van der Waals surface area contributed by atoms with Gasteiger partial charge in [-0.25, -0.2) is 0 Å². The van der Waals surface area contributed by atoms with E-state index in [0.717, 1.165) is 50.4 Å². The molecule has 0 amide bonds. The molecular weight excluding hydrogens is 288 g/mol. The highest BCUT2D eigenvalue weighted by molar-refractivity contribution is 5.84. The second kappa shape index (κ2) is 6.26. The third kappa shape index (κ3) is 2.94. The van der Waals surface area contributed by atoms with Gasteiger partial charge in [0.15, 0.2) is 11.5 Å². The molecule has 0 aromatic heterocycles. The van der Waals surface area contributed by atoms with Crippen LogP contribution in [0.15, 0.2) is 34.3 Å². The lowest BCUT2D eigenvalue weighted by atomic mass is 10.1. The minimum absolute atomic E-state index is 0.344. The average molecular weight is 312 g/mol. The summed E-state index contributed by atoms with van der Waals surface area (Å²) in [4.78, 5) is 6.81. The molecule has 1 aliphatic carbocycles. The second-order valence-corrected chi connectivity index (χ2v) is 6.63. The number of aliphatic imine (C=N–C) groups is 1. The van der Waals surface area contributed by atoms with Crippen molar-refractivity contribution >= 4 is 11.9 Å². The molecule has 0 saturated heterocycles. The van der Waals surface area contributed by atoms with E-state index < -0.39 is 0 Å². The van der Waals surface area contributed by atoms with Crippen LogP contribution in [0.2, 0.25) is 0 Å². The topological polar surface area (TPSA) is 34.1 Å². The van der Waals surface area contributed by atoms with Crippen LogP contribution >= 0.6 is 0 Å². The zero-order valence-corrected chi connectivity index (χ0v) is 13.8. The Hall–Kier alpha value is -1.97. The summed E-state index contributed by atoms with van der Waals surface area (Å²) in [6.07, 6.45) is 8.36. The minimum Gasteiger partial charge on any atom is -0.493 e. The van der Waals surface area contributed by atoms with Crippen LogP contribution < -0.4 is 14.4 Å². The molecule has 3 aliphatic rings. The number of hydrogen-bond acceptors (Lipinski definition) is 4. The van der Waals surface area contributed by atoms with Crippen LogP contribution in [0, 0.1) is 0 Å². The van der Waals surface area contributed by atoms with Gasteiger partial charge in [0.05, 0.1) is 13.2 Å². The van der Waals surface area contributed by atoms with Crippen LogP contribution in [-0.2, 0) is 0 Å². The maximum Gasteiger partial charge on any atom is 0.163 e. The van der Waals surface area contributed by atoms with E-state index in [0.29, 0.717) is 6.10 Å². The molecule has 0 atom stereocenters. The van der Waals surface area contributed by atoms with Crippen LogP contribution in [-0.4, -0.2) is 39.1 Å². The molecule has 0 bridgehead atoms. The molecule has 1 aromatic carbocycles. The molecule has 2 aliphatic heterocycles. The molecule has 122 valence electrons. The first-order valence-electron chi connectivity index (χ1n) is 8.64. The molecule has 0 unspecified atom stereocenters. The first kappa shape index (κ1) is 14.6. The van der Waals surface area contributed by atoms with Gasteiger partial charge in [0, 0.05) is 37.6 Å². The van der Waals surface area contributed by atoms with Gasteiger partial charge in [-0.15, -0.1) is 0 Å². The Kier molecular flexibility index (Phi) is 3.98. The van der Waals surface area contributed by atoms with Gasteiger partial charge in [-0.2, -0.15) is 0 Å². The molecular formula is C19H24N2O2. The highest BCUT2D eigenvalue weighted by atomic mass is 16.5. The van der Waals surface area contributed by atoms with Gasteiger partial charge < -0.3 is 14.4 Å². The van der Waals surface area contributed by atoms with E-state index in [9.17, 15) is 0 Å². The van der Waals surface area contributed by atoms with Crippen LogP contribution in [0.25, 0.3) is 0 Å². The summed E-state index contributed by atoms with van der Waals surface area (Å²) in [6.45, 7) is 2.90. The summed E-state index contributed by atoms with van der Waals surface area (Å²) in [5.74, 6) is 1.72. The zero-order chi connectivity index (χ0) is 15.6. The molecule has 4 heteroatoms. The summed E-state index contributed by atoms with van der Waals surface area (Å²) >= 11 is 0. The maximum absolute atomic E-state index is 6.22. The Morgan fingerprint density at radius 1 is 1.13 bits per heavy atom. The van der Waals surface area contributed by atoms with Gasteiger partial charge in [-0.05, 0) is 55.4 Å². The van der Waals surface area contributed by atoms with Gasteiger partial charge in [0.1, 0.15) is 0 Å². The quantitative estimate of drug-likeness (QED) is 0.852. The molecule has 0 N–H and O–H groups in total. The molecule has 1 fully saturated rings. The van der Waals surface area contributed by atoms with E-state index in [2.05, 4.69) is 28.2 Å². The van der Waals surface area contributed by atoms with Crippen LogP contribution in [0.3, 0.4) is 0 Å². The Balaban J connectivity index is 1.54. The predicted octanol–water partition coefficient (Wildman–Crippen LogP) is 3.61. The van der Waals surface area contributed by atoms with Crippen LogP contribution in [0.4, 0.5) is 5.69 Å². The monoisotopic (exact) mass is 312 g/mol.